The van der Waals surface area contributed by atoms with Crippen LogP contribution in [0.2, 0.25) is 0 Å². The Kier molecular flexibility index (Phi) is 4.18. The third-order valence-corrected chi connectivity index (χ3v) is 2.92. The molecule has 0 fully saturated rings. The quantitative estimate of drug-likeness (QED) is 0.657. The molecular formula is C13H10BrClN2. The lowest BCUT2D eigenvalue weighted by molar-refractivity contribution is 1.34. The van der Waals surface area contributed by atoms with Crippen LogP contribution in [0.5, 0.6) is 0 Å². The number of benzene rings is 2. The van der Waals surface area contributed by atoms with Gasteiger partial charge < -0.3 is 0 Å². The summed E-state index contributed by atoms with van der Waals surface area (Å²) < 4.78 is 0.994. The number of halogens is 2. The smallest absolute Gasteiger partial charge is 0.156 e. The fourth-order valence-electron chi connectivity index (χ4n) is 1.31. The molecule has 0 atom stereocenters. The molecule has 0 aromatic heterocycles. The van der Waals surface area contributed by atoms with E-state index in [1.54, 1.807) is 0 Å². The molecule has 0 aliphatic carbocycles. The summed E-state index contributed by atoms with van der Waals surface area (Å²) in [5.41, 5.74) is 4.68. The van der Waals surface area contributed by atoms with Gasteiger partial charge in [-0.3, -0.25) is 5.43 Å². The Morgan fingerprint density at radius 1 is 1.06 bits per heavy atom. The first-order valence-corrected chi connectivity index (χ1v) is 6.23. The highest BCUT2D eigenvalue weighted by Gasteiger charge is 1.98. The predicted octanol–water partition coefficient (Wildman–Crippen LogP) is 4.46. The second-order valence-electron chi connectivity index (χ2n) is 3.39. The van der Waals surface area contributed by atoms with Crippen molar-refractivity contribution in [1.82, 2.24) is 0 Å². The van der Waals surface area contributed by atoms with Crippen molar-refractivity contribution in [2.75, 3.05) is 5.43 Å². The molecule has 0 radical (unpaired) electrons. The predicted molar refractivity (Wildman–Crippen MR) is 76.6 cm³/mol. The van der Waals surface area contributed by atoms with Gasteiger partial charge in [0.1, 0.15) is 0 Å². The second kappa shape index (κ2) is 5.84. The standard InChI is InChI=1S/C13H10BrClN2/c14-11-7-4-8-12(9-11)16-17-13(15)10-5-2-1-3-6-10/h1-9,16H/b17-13+. The molecule has 0 aliphatic rings. The third-order valence-electron chi connectivity index (χ3n) is 2.12. The molecule has 2 rings (SSSR count). The number of anilines is 1. The van der Waals surface area contributed by atoms with Gasteiger partial charge in [0, 0.05) is 10.0 Å². The minimum atomic E-state index is 0.436. The van der Waals surface area contributed by atoms with Gasteiger partial charge in [-0.15, -0.1) is 0 Å². The largest absolute Gasteiger partial charge is 0.277 e. The lowest BCUT2D eigenvalue weighted by Gasteiger charge is -2.02. The van der Waals surface area contributed by atoms with Crippen LogP contribution in [0.3, 0.4) is 0 Å². The van der Waals surface area contributed by atoms with E-state index in [1.807, 2.05) is 54.6 Å². The molecule has 0 aliphatic heterocycles. The SMILES string of the molecule is Cl/C(=N/Nc1cccc(Br)c1)c1ccccc1. The summed E-state index contributed by atoms with van der Waals surface area (Å²) >= 11 is 9.46. The lowest BCUT2D eigenvalue weighted by Crippen LogP contribution is -1.96. The van der Waals surface area contributed by atoms with Gasteiger partial charge in [0.05, 0.1) is 5.69 Å². The summed E-state index contributed by atoms with van der Waals surface area (Å²) in [5, 5.41) is 4.55. The number of nitrogens with zero attached hydrogens (tertiary/aromatic N) is 1. The van der Waals surface area contributed by atoms with Gasteiger partial charge in [-0.1, -0.05) is 63.9 Å². The van der Waals surface area contributed by atoms with E-state index < -0.39 is 0 Å². The van der Waals surface area contributed by atoms with Crippen LogP contribution in [-0.4, -0.2) is 5.17 Å². The van der Waals surface area contributed by atoms with Gasteiger partial charge in [0.25, 0.3) is 0 Å². The number of hydrogen-bond donors (Lipinski definition) is 1. The highest BCUT2D eigenvalue weighted by atomic mass is 79.9. The molecule has 2 aromatic rings. The first-order valence-electron chi connectivity index (χ1n) is 5.06. The molecule has 0 unspecified atom stereocenters. The monoisotopic (exact) mass is 308 g/mol. The van der Waals surface area contributed by atoms with Crippen LogP contribution in [0, 0.1) is 0 Å². The van der Waals surface area contributed by atoms with Gasteiger partial charge in [0.2, 0.25) is 0 Å². The summed E-state index contributed by atoms with van der Waals surface area (Å²) in [6.07, 6.45) is 0. The summed E-state index contributed by atoms with van der Waals surface area (Å²) in [5.74, 6) is 0. The Morgan fingerprint density at radius 2 is 1.82 bits per heavy atom. The van der Waals surface area contributed by atoms with Crippen LogP contribution in [0.25, 0.3) is 0 Å². The van der Waals surface area contributed by atoms with Crippen molar-refractivity contribution in [2.45, 2.75) is 0 Å². The van der Waals surface area contributed by atoms with E-state index in [0.717, 1.165) is 15.7 Å². The maximum atomic E-state index is 6.07. The minimum Gasteiger partial charge on any atom is -0.277 e. The van der Waals surface area contributed by atoms with Crippen LogP contribution < -0.4 is 5.43 Å². The average Bonchev–Trinajstić information content (AvgIpc) is 2.37. The Balaban J connectivity index is 2.11. The van der Waals surface area contributed by atoms with Gasteiger partial charge in [-0.05, 0) is 18.2 Å². The van der Waals surface area contributed by atoms with Gasteiger partial charge >= 0.3 is 0 Å². The number of hydrazone groups is 1. The molecule has 86 valence electrons. The maximum absolute atomic E-state index is 6.07. The first-order chi connectivity index (χ1) is 8.25. The van der Waals surface area contributed by atoms with E-state index in [0.29, 0.717) is 5.17 Å². The van der Waals surface area contributed by atoms with E-state index in [4.69, 9.17) is 11.6 Å². The molecular weight excluding hydrogens is 300 g/mol. The maximum Gasteiger partial charge on any atom is 0.156 e. The topological polar surface area (TPSA) is 24.4 Å². The van der Waals surface area contributed by atoms with Crippen LogP contribution in [0.15, 0.2) is 64.2 Å². The Hall–Kier alpha value is -1.32. The lowest BCUT2D eigenvalue weighted by atomic mass is 10.2. The zero-order chi connectivity index (χ0) is 12.1. The fourth-order valence-corrected chi connectivity index (χ4v) is 1.88. The normalized spacial score (nSPS) is 11.3. The van der Waals surface area contributed by atoms with Crippen molar-refractivity contribution in [1.29, 1.82) is 0 Å². The fraction of sp³-hybridized carbons (Fsp3) is 0. The highest BCUT2D eigenvalue weighted by Crippen LogP contribution is 2.16. The molecule has 0 amide bonds. The average molecular weight is 310 g/mol. The molecule has 2 aromatic carbocycles. The highest BCUT2D eigenvalue weighted by molar-refractivity contribution is 9.10. The third kappa shape index (κ3) is 3.58. The van der Waals surface area contributed by atoms with Crippen molar-refractivity contribution in [3.05, 3.63) is 64.6 Å². The van der Waals surface area contributed by atoms with Crippen molar-refractivity contribution in [2.24, 2.45) is 5.10 Å². The van der Waals surface area contributed by atoms with Crippen LogP contribution in [0.4, 0.5) is 5.69 Å². The molecule has 4 heteroatoms. The zero-order valence-electron chi connectivity index (χ0n) is 8.90. The van der Waals surface area contributed by atoms with Gasteiger partial charge in [0.15, 0.2) is 5.17 Å². The summed E-state index contributed by atoms with van der Waals surface area (Å²) in [4.78, 5) is 0. The molecule has 0 heterocycles. The zero-order valence-corrected chi connectivity index (χ0v) is 11.2. The number of hydrogen-bond acceptors (Lipinski definition) is 2. The van der Waals surface area contributed by atoms with Gasteiger partial charge in [-0.2, -0.15) is 5.10 Å². The van der Waals surface area contributed by atoms with E-state index in [-0.39, 0.29) is 0 Å². The molecule has 1 N–H and O–H groups in total. The second-order valence-corrected chi connectivity index (χ2v) is 4.66. The van der Waals surface area contributed by atoms with E-state index in [2.05, 4.69) is 26.5 Å². The Morgan fingerprint density at radius 3 is 2.53 bits per heavy atom. The van der Waals surface area contributed by atoms with Crippen molar-refractivity contribution in [3.63, 3.8) is 0 Å². The van der Waals surface area contributed by atoms with Crippen LogP contribution in [0.1, 0.15) is 5.56 Å². The number of nitrogens with one attached hydrogen (secondary N) is 1. The Bertz CT molecular complexity index is 526. The molecule has 0 spiro atoms. The molecule has 0 saturated carbocycles. The Labute approximate surface area is 113 Å². The molecule has 0 saturated heterocycles. The summed E-state index contributed by atoms with van der Waals surface area (Å²) in [6, 6.07) is 17.3. The van der Waals surface area contributed by atoms with Gasteiger partial charge in [-0.25, -0.2) is 0 Å². The van der Waals surface area contributed by atoms with E-state index in [1.165, 1.54) is 0 Å². The first kappa shape index (κ1) is 12.1. The van der Waals surface area contributed by atoms with Crippen molar-refractivity contribution in [3.8, 4) is 0 Å². The molecule has 17 heavy (non-hydrogen) atoms. The minimum absolute atomic E-state index is 0.436. The molecule has 2 nitrogen and oxygen atoms in total. The summed E-state index contributed by atoms with van der Waals surface area (Å²) in [7, 11) is 0. The number of rotatable bonds is 3. The van der Waals surface area contributed by atoms with Crippen molar-refractivity contribution >= 4 is 38.4 Å². The van der Waals surface area contributed by atoms with E-state index in [9.17, 15) is 0 Å². The van der Waals surface area contributed by atoms with Crippen LogP contribution in [-0.2, 0) is 0 Å². The van der Waals surface area contributed by atoms with Crippen molar-refractivity contribution < 1.29 is 0 Å². The van der Waals surface area contributed by atoms with Crippen LogP contribution >= 0.6 is 27.5 Å². The molecule has 0 bridgehead atoms. The summed E-state index contributed by atoms with van der Waals surface area (Å²) in [6.45, 7) is 0. The van der Waals surface area contributed by atoms with E-state index >= 15 is 0 Å².